The molecule has 92 valence electrons. The van der Waals surface area contributed by atoms with Crippen LogP contribution in [0.5, 0.6) is 0 Å². The molecule has 1 saturated heterocycles. The number of carbonyl (C=O) groups is 1. The number of aromatic nitrogens is 2. The smallest absolute Gasteiger partial charge is 0.267 e. The predicted molar refractivity (Wildman–Crippen MR) is 64.9 cm³/mol. The summed E-state index contributed by atoms with van der Waals surface area (Å²) in [5.41, 5.74) is 5.47. The average Bonchev–Trinajstić information content (AvgIpc) is 2.39. The van der Waals surface area contributed by atoms with Gasteiger partial charge in [0.05, 0.1) is 0 Å². The molecule has 0 spiro atoms. The van der Waals surface area contributed by atoms with Gasteiger partial charge in [-0.25, -0.2) is 9.97 Å². The van der Waals surface area contributed by atoms with E-state index in [0.717, 1.165) is 32.7 Å². The average molecular weight is 235 g/mol. The van der Waals surface area contributed by atoms with Crippen LogP contribution in [0.1, 0.15) is 17.4 Å². The van der Waals surface area contributed by atoms with Gasteiger partial charge in [0.25, 0.3) is 5.91 Å². The highest BCUT2D eigenvalue weighted by Crippen LogP contribution is 2.10. The molecule has 0 aromatic carbocycles. The summed E-state index contributed by atoms with van der Waals surface area (Å²) in [7, 11) is 0. The van der Waals surface area contributed by atoms with E-state index in [1.54, 1.807) is 6.20 Å². The van der Waals surface area contributed by atoms with E-state index in [4.69, 9.17) is 5.73 Å². The van der Waals surface area contributed by atoms with E-state index in [2.05, 4.69) is 26.7 Å². The van der Waals surface area contributed by atoms with Crippen molar-refractivity contribution in [3.63, 3.8) is 0 Å². The molecule has 0 aliphatic carbocycles. The van der Waals surface area contributed by atoms with E-state index >= 15 is 0 Å². The molecule has 1 aliphatic rings. The number of hydrogen-bond donors (Lipinski definition) is 1. The highest BCUT2D eigenvalue weighted by Gasteiger charge is 2.18. The number of nitrogens with zero attached hydrogens (tertiary/aromatic N) is 4. The Kier molecular flexibility index (Phi) is 3.53. The molecule has 6 nitrogen and oxygen atoms in total. The van der Waals surface area contributed by atoms with Crippen LogP contribution < -0.4 is 10.6 Å². The van der Waals surface area contributed by atoms with Gasteiger partial charge in [-0.1, -0.05) is 6.92 Å². The summed E-state index contributed by atoms with van der Waals surface area (Å²) in [6.45, 7) is 6.99. The molecule has 2 heterocycles. The van der Waals surface area contributed by atoms with Crippen LogP contribution in [0.3, 0.4) is 0 Å². The number of anilines is 1. The maximum Gasteiger partial charge on any atom is 0.267 e. The third kappa shape index (κ3) is 2.71. The van der Waals surface area contributed by atoms with E-state index < -0.39 is 5.91 Å². The van der Waals surface area contributed by atoms with Crippen molar-refractivity contribution in [2.45, 2.75) is 6.92 Å². The van der Waals surface area contributed by atoms with E-state index in [-0.39, 0.29) is 5.69 Å². The predicted octanol–water partition coefficient (Wildman–Crippen LogP) is -0.283. The molecule has 0 atom stereocenters. The number of primary amides is 1. The lowest BCUT2D eigenvalue weighted by atomic mass is 10.3. The molecule has 1 aliphatic heterocycles. The summed E-state index contributed by atoms with van der Waals surface area (Å²) in [5, 5.41) is 0. The molecule has 0 radical (unpaired) electrons. The van der Waals surface area contributed by atoms with Crippen molar-refractivity contribution in [1.82, 2.24) is 14.9 Å². The molecule has 2 rings (SSSR count). The zero-order valence-corrected chi connectivity index (χ0v) is 9.96. The van der Waals surface area contributed by atoms with Crippen LogP contribution in [0.4, 0.5) is 5.95 Å². The van der Waals surface area contributed by atoms with Crippen LogP contribution in [0.2, 0.25) is 0 Å². The fraction of sp³-hybridized carbons (Fsp3) is 0.545. The highest BCUT2D eigenvalue weighted by atomic mass is 16.1. The molecular formula is C11H17N5O. The number of hydrogen-bond acceptors (Lipinski definition) is 5. The number of nitrogens with two attached hydrogens (primary N) is 1. The minimum absolute atomic E-state index is 0.271. The van der Waals surface area contributed by atoms with Crippen molar-refractivity contribution in [3.05, 3.63) is 18.0 Å². The molecule has 1 aromatic heterocycles. The van der Waals surface area contributed by atoms with Gasteiger partial charge in [0.15, 0.2) is 0 Å². The van der Waals surface area contributed by atoms with Gasteiger partial charge < -0.3 is 15.5 Å². The maximum absolute atomic E-state index is 11.0. The van der Waals surface area contributed by atoms with Gasteiger partial charge in [-0.2, -0.15) is 0 Å². The number of carbonyl (C=O) groups excluding carboxylic acids is 1. The summed E-state index contributed by atoms with van der Waals surface area (Å²) in [6.07, 6.45) is 1.58. The lowest BCUT2D eigenvalue weighted by Crippen LogP contribution is -2.46. The molecule has 17 heavy (non-hydrogen) atoms. The van der Waals surface area contributed by atoms with Gasteiger partial charge in [0, 0.05) is 32.4 Å². The molecule has 1 amide bonds. The molecule has 1 aromatic rings. The first-order valence-electron chi connectivity index (χ1n) is 5.81. The molecule has 0 bridgehead atoms. The third-order valence-corrected chi connectivity index (χ3v) is 3.00. The van der Waals surface area contributed by atoms with Crippen LogP contribution in [0, 0.1) is 0 Å². The van der Waals surface area contributed by atoms with Gasteiger partial charge in [-0.15, -0.1) is 0 Å². The van der Waals surface area contributed by atoms with Crippen molar-refractivity contribution in [1.29, 1.82) is 0 Å². The van der Waals surface area contributed by atoms with Crippen LogP contribution in [0.25, 0.3) is 0 Å². The third-order valence-electron chi connectivity index (χ3n) is 3.00. The maximum atomic E-state index is 11.0. The second-order valence-corrected chi connectivity index (χ2v) is 4.03. The fourth-order valence-corrected chi connectivity index (χ4v) is 1.90. The van der Waals surface area contributed by atoms with Gasteiger partial charge in [-0.3, -0.25) is 4.79 Å². The highest BCUT2D eigenvalue weighted by molar-refractivity contribution is 5.90. The Hall–Kier alpha value is -1.69. The van der Waals surface area contributed by atoms with Gasteiger partial charge in [0.2, 0.25) is 5.95 Å². The fourth-order valence-electron chi connectivity index (χ4n) is 1.90. The van der Waals surface area contributed by atoms with Gasteiger partial charge in [-0.05, 0) is 12.6 Å². The summed E-state index contributed by atoms with van der Waals surface area (Å²) in [5.74, 6) is 0.0814. The minimum atomic E-state index is -0.513. The number of rotatable bonds is 3. The van der Waals surface area contributed by atoms with E-state index in [0.29, 0.717) is 5.95 Å². The minimum Gasteiger partial charge on any atom is -0.364 e. The van der Waals surface area contributed by atoms with Crippen molar-refractivity contribution in [2.75, 3.05) is 37.6 Å². The quantitative estimate of drug-likeness (QED) is 0.779. The SMILES string of the molecule is CCN1CCN(c2nccc(C(N)=O)n2)CC1. The van der Waals surface area contributed by atoms with E-state index in [9.17, 15) is 4.79 Å². The number of likely N-dealkylation sites (N-methyl/N-ethyl adjacent to an activating group) is 1. The van der Waals surface area contributed by atoms with E-state index in [1.807, 2.05) is 0 Å². The first-order valence-corrected chi connectivity index (χ1v) is 5.81. The van der Waals surface area contributed by atoms with E-state index in [1.165, 1.54) is 6.07 Å². The molecule has 0 unspecified atom stereocenters. The largest absolute Gasteiger partial charge is 0.364 e. The van der Waals surface area contributed by atoms with Crippen LogP contribution >= 0.6 is 0 Å². The lowest BCUT2D eigenvalue weighted by molar-refractivity contribution is 0.0995. The lowest BCUT2D eigenvalue weighted by Gasteiger charge is -2.33. The first kappa shape index (κ1) is 11.8. The summed E-state index contributed by atoms with van der Waals surface area (Å²) >= 11 is 0. The van der Waals surface area contributed by atoms with Crippen LogP contribution in [-0.4, -0.2) is 53.5 Å². The molecule has 6 heteroatoms. The first-order chi connectivity index (χ1) is 8.20. The van der Waals surface area contributed by atoms with Crippen molar-refractivity contribution < 1.29 is 4.79 Å². The topological polar surface area (TPSA) is 75.3 Å². The van der Waals surface area contributed by atoms with Crippen molar-refractivity contribution in [2.24, 2.45) is 5.73 Å². The second-order valence-electron chi connectivity index (χ2n) is 4.03. The zero-order valence-electron chi connectivity index (χ0n) is 9.96. The molecule has 0 saturated carbocycles. The number of amides is 1. The monoisotopic (exact) mass is 235 g/mol. The van der Waals surface area contributed by atoms with Gasteiger partial charge in [0.1, 0.15) is 5.69 Å². The standard InChI is InChI=1S/C11H17N5O/c1-2-15-5-7-16(8-6-15)11-13-4-3-9(14-11)10(12)17/h3-4H,2,5-8H2,1H3,(H2,12,17). The van der Waals surface area contributed by atoms with Crippen LogP contribution in [0.15, 0.2) is 12.3 Å². The Labute approximate surface area is 100 Å². The van der Waals surface area contributed by atoms with Crippen molar-refractivity contribution in [3.8, 4) is 0 Å². The Morgan fingerprint density at radius 2 is 2.12 bits per heavy atom. The Balaban J connectivity index is 2.08. The Morgan fingerprint density at radius 1 is 1.41 bits per heavy atom. The van der Waals surface area contributed by atoms with Crippen molar-refractivity contribution >= 4 is 11.9 Å². The second kappa shape index (κ2) is 5.09. The molecular weight excluding hydrogens is 218 g/mol. The molecule has 2 N–H and O–H groups in total. The normalized spacial score (nSPS) is 17.1. The Morgan fingerprint density at radius 3 is 2.71 bits per heavy atom. The Bertz CT molecular complexity index is 401. The summed E-state index contributed by atoms with van der Waals surface area (Å²) in [6, 6.07) is 1.54. The number of piperazine rings is 1. The van der Waals surface area contributed by atoms with Crippen LogP contribution in [-0.2, 0) is 0 Å². The summed E-state index contributed by atoms with van der Waals surface area (Å²) < 4.78 is 0. The zero-order chi connectivity index (χ0) is 12.3. The molecule has 1 fully saturated rings. The van der Waals surface area contributed by atoms with Gasteiger partial charge >= 0.3 is 0 Å². The summed E-state index contributed by atoms with van der Waals surface area (Å²) in [4.78, 5) is 23.8.